The number of hydrogen-bond acceptors (Lipinski definition) is 4. The summed E-state index contributed by atoms with van der Waals surface area (Å²) in [5.41, 5.74) is 2.73. The lowest BCUT2D eigenvalue weighted by atomic mass is 10.2. The SMILES string of the molecule is Cc1ccc(-n2nnc(C(=O)NC(C)CC(=O)O)c2C)cc1. The Morgan fingerprint density at radius 3 is 2.50 bits per heavy atom. The van der Waals surface area contributed by atoms with Crippen LogP contribution in [0.25, 0.3) is 5.69 Å². The van der Waals surface area contributed by atoms with Crippen LogP contribution in [0.3, 0.4) is 0 Å². The summed E-state index contributed by atoms with van der Waals surface area (Å²) in [6.45, 7) is 5.36. The standard InChI is InChI=1S/C15H18N4O3/c1-9-4-6-12(7-5-9)19-11(3)14(17-18-19)15(22)16-10(2)8-13(20)21/h4-7,10H,8H2,1-3H3,(H,16,22)(H,20,21). The lowest BCUT2D eigenvalue weighted by Gasteiger charge is -2.10. The largest absolute Gasteiger partial charge is 0.481 e. The van der Waals surface area contributed by atoms with E-state index >= 15 is 0 Å². The molecular weight excluding hydrogens is 284 g/mol. The van der Waals surface area contributed by atoms with Crippen molar-refractivity contribution in [1.29, 1.82) is 0 Å². The molecule has 2 rings (SSSR count). The number of aliphatic carboxylic acids is 1. The number of carboxylic acid groups (broad SMARTS) is 1. The second-order valence-corrected chi connectivity index (χ2v) is 5.24. The molecular formula is C15H18N4O3. The summed E-state index contributed by atoms with van der Waals surface area (Å²) in [5.74, 6) is -1.39. The maximum Gasteiger partial charge on any atom is 0.305 e. The first-order valence-electron chi connectivity index (χ1n) is 6.90. The Kier molecular flexibility index (Phi) is 4.55. The molecule has 116 valence electrons. The summed E-state index contributed by atoms with van der Waals surface area (Å²) < 4.78 is 1.58. The van der Waals surface area contributed by atoms with Crippen molar-refractivity contribution in [3.05, 3.63) is 41.2 Å². The molecule has 22 heavy (non-hydrogen) atoms. The van der Waals surface area contributed by atoms with Gasteiger partial charge in [-0.2, -0.15) is 0 Å². The summed E-state index contributed by atoms with van der Waals surface area (Å²) >= 11 is 0. The van der Waals surface area contributed by atoms with E-state index in [1.807, 2.05) is 31.2 Å². The van der Waals surface area contributed by atoms with Crippen molar-refractivity contribution in [3.63, 3.8) is 0 Å². The monoisotopic (exact) mass is 302 g/mol. The van der Waals surface area contributed by atoms with Gasteiger partial charge in [-0.3, -0.25) is 9.59 Å². The number of carbonyl (C=O) groups excluding carboxylic acids is 1. The van der Waals surface area contributed by atoms with Crippen molar-refractivity contribution >= 4 is 11.9 Å². The van der Waals surface area contributed by atoms with Gasteiger partial charge >= 0.3 is 5.97 Å². The second-order valence-electron chi connectivity index (χ2n) is 5.24. The van der Waals surface area contributed by atoms with Gasteiger partial charge in [-0.25, -0.2) is 4.68 Å². The van der Waals surface area contributed by atoms with E-state index in [1.54, 1.807) is 18.5 Å². The zero-order chi connectivity index (χ0) is 16.3. The molecule has 2 N–H and O–H groups in total. The predicted octanol–water partition coefficient (Wildman–Crippen LogP) is 1.48. The van der Waals surface area contributed by atoms with Gasteiger partial charge in [-0.1, -0.05) is 22.9 Å². The second kappa shape index (κ2) is 6.38. The maximum atomic E-state index is 12.1. The molecule has 0 bridgehead atoms. The minimum absolute atomic E-state index is 0.142. The van der Waals surface area contributed by atoms with Crippen LogP contribution in [0.5, 0.6) is 0 Å². The predicted molar refractivity (Wildman–Crippen MR) is 80.0 cm³/mol. The van der Waals surface area contributed by atoms with Crippen LogP contribution >= 0.6 is 0 Å². The molecule has 7 nitrogen and oxygen atoms in total. The highest BCUT2D eigenvalue weighted by atomic mass is 16.4. The normalized spacial score (nSPS) is 12.0. The van der Waals surface area contributed by atoms with Crippen molar-refractivity contribution in [2.75, 3.05) is 0 Å². The van der Waals surface area contributed by atoms with Gasteiger partial charge in [0, 0.05) is 6.04 Å². The average molecular weight is 302 g/mol. The lowest BCUT2D eigenvalue weighted by Crippen LogP contribution is -2.34. The minimum atomic E-state index is -0.965. The third kappa shape index (κ3) is 3.49. The first-order chi connectivity index (χ1) is 10.4. The Labute approximate surface area is 128 Å². The molecule has 1 heterocycles. The summed E-state index contributed by atoms with van der Waals surface area (Å²) in [7, 11) is 0. The molecule has 0 spiro atoms. The van der Waals surface area contributed by atoms with E-state index in [4.69, 9.17) is 5.11 Å². The molecule has 0 aliphatic heterocycles. The number of aryl methyl sites for hydroxylation is 1. The molecule has 1 unspecified atom stereocenters. The summed E-state index contributed by atoms with van der Waals surface area (Å²) in [4.78, 5) is 22.8. The van der Waals surface area contributed by atoms with Crippen LogP contribution in [0.15, 0.2) is 24.3 Å². The summed E-state index contributed by atoms with van der Waals surface area (Å²) in [6.07, 6.45) is -0.142. The smallest absolute Gasteiger partial charge is 0.305 e. The first kappa shape index (κ1) is 15.7. The molecule has 7 heteroatoms. The summed E-state index contributed by atoms with van der Waals surface area (Å²) in [6, 6.07) is 7.21. The molecule has 1 atom stereocenters. The number of nitrogens with zero attached hydrogens (tertiary/aromatic N) is 3. The van der Waals surface area contributed by atoms with E-state index in [0.717, 1.165) is 11.3 Å². The van der Waals surface area contributed by atoms with Gasteiger partial charge in [-0.05, 0) is 32.9 Å². The molecule has 0 fully saturated rings. The van der Waals surface area contributed by atoms with Crippen molar-refractivity contribution in [2.45, 2.75) is 33.2 Å². The number of carboxylic acids is 1. The van der Waals surface area contributed by atoms with Gasteiger partial charge in [-0.15, -0.1) is 5.10 Å². The van der Waals surface area contributed by atoms with Crippen LogP contribution in [-0.4, -0.2) is 38.0 Å². The number of benzene rings is 1. The van der Waals surface area contributed by atoms with Gasteiger partial charge in [0.1, 0.15) is 0 Å². The number of hydrogen-bond donors (Lipinski definition) is 2. The summed E-state index contributed by atoms with van der Waals surface area (Å²) in [5, 5.41) is 19.2. The third-order valence-corrected chi connectivity index (χ3v) is 3.25. The van der Waals surface area contributed by atoms with E-state index in [-0.39, 0.29) is 12.1 Å². The van der Waals surface area contributed by atoms with Gasteiger partial charge in [0.15, 0.2) is 5.69 Å². The van der Waals surface area contributed by atoms with Crippen molar-refractivity contribution in [2.24, 2.45) is 0 Å². The van der Waals surface area contributed by atoms with Gasteiger partial charge < -0.3 is 10.4 Å². The van der Waals surface area contributed by atoms with E-state index in [9.17, 15) is 9.59 Å². The molecule has 1 aromatic heterocycles. The Hall–Kier alpha value is -2.70. The van der Waals surface area contributed by atoms with E-state index in [0.29, 0.717) is 5.69 Å². The van der Waals surface area contributed by atoms with Gasteiger partial charge in [0.2, 0.25) is 0 Å². The van der Waals surface area contributed by atoms with Crippen LogP contribution in [0.4, 0.5) is 0 Å². The minimum Gasteiger partial charge on any atom is -0.481 e. The quantitative estimate of drug-likeness (QED) is 0.872. The van der Waals surface area contributed by atoms with Crippen LogP contribution < -0.4 is 5.32 Å². The Morgan fingerprint density at radius 2 is 1.91 bits per heavy atom. The Bertz CT molecular complexity index is 691. The number of aromatic nitrogens is 3. The van der Waals surface area contributed by atoms with Crippen LogP contribution in [0.2, 0.25) is 0 Å². The number of nitrogens with one attached hydrogen (secondary N) is 1. The fraction of sp³-hybridized carbons (Fsp3) is 0.333. The highest BCUT2D eigenvalue weighted by molar-refractivity contribution is 5.93. The fourth-order valence-electron chi connectivity index (χ4n) is 2.08. The van der Waals surface area contributed by atoms with E-state index in [1.165, 1.54) is 0 Å². The molecule has 0 radical (unpaired) electrons. The lowest BCUT2D eigenvalue weighted by molar-refractivity contribution is -0.137. The Morgan fingerprint density at radius 1 is 1.27 bits per heavy atom. The topological polar surface area (TPSA) is 97.1 Å². The molecule has 1 amide bonds. The zero-order valence-corrected chi connectivity index (χ0v) is 12.7. The molecule has 0 aliphatic carbocycles. The number of carbonyl (C=O) groups is 2. The Balaban J connectivity index is 2.18. The van der Waals surface area contributed by atoms with Crippen molar-refractivity contribution in [3.8, 4) is 5.69 Å². The highest BCUT2D eigenvalue weighted by Gasteiger charge is 2.19. The number of rotatable bonds is 5. The van der Waals surface area contributed by atoms with E-state index in [2.05, 4.69) is 15.6 Å². The van der Waals surface area contributed by atoms with Crippen LogP contribution in [0.1, 0.15) is 35.1 Å². The molecule has 0 aliphatic rings. The van der Waals surface area contributed by atoms with Gasteiger partial charge in [0.05, 0.1) is 17.8 Å². The highest BCUT2D eigenvalue weighted by Crippen LogP contribution is 2.13. The van der Waals surface area contributed by atoms with Gasteiger partial charge in [0.25, 0.3) is 5.91 Å². The van der Waals surface area contributed by atoms with Crippen LogP contribution in [0, 0.1) is 13.8 Å². The third-order valence-electron chi connectivity index (χ3n) is 3.25. The fourth-order valence-corrected chi connectivity index (χ4v) is 2.08. The van der Waals surface area contributed by atoms with E-state index < -0.39 is 17.9 Å². The molecule has 1 aromatic carbocycles. The van der Waals surface area contributed by atoms with Crippen molar-refractivity contribution in [1.82, 2.24) is 20.3 Å². The molecule has 0 saturated heterocycles. The zero-order valence-electron chi connectivity index (χ0n) is 12.7. The van der Waals surface area contributed by atoms with Crippen molar-refractivity contribution < 1.29 is 14.7 Å². The molecule has 0 saturated carbocycles. The first-order valence-corrected chi connectivity index (χ1v) is 6.90. The maximum absolute atomic E-state index is 12.1. The van der Waals surface area contributed by atoms with Crippen LogP contribution in [-0.2, 0) is 4.79 Å². The molecule has 2 aromatic rings. The average Bonchev–Trinajstić information content (AvgIpc) is 2.80. The number of amides is 1.